The van der Waals surface area contributed by atoms with Gasteiger partial charge in [0.1, 0.15) is 11.9 Å². The molecule has 1 aliphatic rings. The van der Waals surface area contributed by atoms with Crippen LogP contribution in [0.1, 0.15) is 25.0 Å². The quantitative estimate of drug-likeness (QED) is 0.857. The van der Waals surface area contributed by atoms with E-state index in [4.69, 9.17) is 9.47 Å². The second-order valence-electron chi connectivity index (χ2n) is 6.23. The molecule has 1 aliphatic heterocycles. The van der Waals surface area contributed by atoms with Crippen LogP contribution in [0.2, 0.25) is 0 Å². The van der Waals surface area contributed by atoms with Gasteiger partial charge < -0.3 is 19.1 Å². The lowest BCUT2D eigenvalue weighted by Crippen LogP contribution is -2.33. The van der Waals surface area contributed by atoms with Crippen LogP contribution in [0.25, 0.3) is 11.3 Å². The Morgan fingerprint density at radius 3 is 2.67 bits per heavy atom. The van der Waals surface area contributed by atoms with Gasteiger partial charge in [-0.05, 0) is 48.9 Å². The van der Waals surface area contributed by atoms with Crippen molar-refractivity contribution >= 4 is 5.97 Å². The number of aryl methyl sites for hydroxylation is 1. The number of hydrogen-bond acceptors (Lipinski definition) is 4. The van der Waals surface area contributed by atoms with Gasteiger partial charge in [0.05, 0.1) is 19.6 Å². The highest BCUT2D eigenvalue weighted by molar-refractivity contribution is 5.71. The molecule has 0 spiro atoms. The van der Waals surface area contributed by atoms with Crippen molar-refractivity contribution in [2.45, 2.75) is 44.9 Å². The first-order valence-electron chi connectivity index (χ1n) is 8.25. The van der Waals surface area contributed by atoms with Crippen molar-refractivity contribution < 1.29 is 19.4 Å². The van der Waals surface area contributed by atoms with Crippen LogP contribution in [-0.2, 0) is 16.1 Å². The predicted molar refractivity (Wildman–Crippen MR) is 90.9 cm³/mol. The Kier molecular flexibility index (Phi) is 4.90. The lowest BCUT2D eigenvalue weighted by Gasteiger charge is -2.26. The Balaban J connectivity index is 1.74. The molecule has 1 aromatic carbocycles. The highest BCUT2D eigenvalue weighted by Gasteiger charge is 2.27. The van der Waals surface area contributed by atoms with Gasteiger partial charge in [-0.3, -0.25) is 4.79 Å². The van der Waals surface area contributed by atoms with E-state index >= 15 is 0 Å². The van der Waals surface area contributed by atoms with E-state index in [9.17, 15) is 9.90 Å². The molecule has 1 saturated heterocycles. The van der Waals surface area contributed by atoms with Gasteiger partial charge in [0.25, 0.3) is 0 Å². The number of nitrogens with zero attached hydrogens (tertiary/aromatic N) is 1. The number of carbonyl (C=O) groups excluding carboxylic acids is 1. The van der Waals surface area contributed by atoms with E-state index in [-0.39, 0.29) is 18.5 Å². The van der Waals surface area contributed by atoms with E-state index in [0.29, 0.717) is 12.8 Å². The number of hydrogen-bond donors (Lipinski definition) is 1. The molecule has 1 aromatic heterocycles. The number of methoxy groups -OCH3 is 1. The van der Waals surface area contributed by atoms with Gasteiger partial charge in [-0.2, -0.15) is 0 Å². The van der Waals surface area contributed by atoms with Crippen molar-refractivity contribution in [3.63, 3.8) is 0 Å². The van der Waals surface area contributed by atoms with Gasteiger partial charge in [-0.1, -0.05) is 0 Å². The first-order valence-corrected chi connectivity index (χ1v) is 8.25. The van der Waals surface area contributed by atoms with Gasteiger partial charge in [0, 0.05) is 30.8 Å². The van der Waals surface area contributed by atoms with Crippen LogP contribution in [0.5, 0.6) is 5.75 Å². The number of esters is 1. The molecule has 24 heavy (non-hydrogen) atoms. The summed E-state index contributed by atoms with van der Waals surface area (Å²) in [6, 6.07) is 12.1. The molecular weight excluding hydrogens is 306 g/mol. The molecule has 0 unspecified atom stereocenters. The van der Waals surface area contributed by atoms with Crippen LogP contribution in [0, 0.1) is 6.92 Å². The minimum Gasteiger partial charge on any atom is -0.497 e. The maximum absolute atomic E-state index is 11.5. The highest BCUT2D eigenvalue weighted by atomic mass is 16.5. The molecule has 0 bridgehead atoms. The predicted octanol–water partition coefficient (Wildman–Crippen LogP) is 2.93. The van der Waals surface area contributed by atoms with Crippen molar-refractivity contribution in [2.75, 3.05) is 7.11 Å². The van der Waals surface area contributed by atoms with Crippen LogP contribution in [0.4, 0.5) is 0 Å². The number of ether oxygens (including phenoxy) is 2. The van der Waals surface area contributed by atoms with Gasteiger partial charge in [-0.15, -0.1) is 0 Å². The molecule has 2 heterocycles. The maximum Gasteiger partial charge on any atom is 0.308 e. The third-order valence-corrected chi connectivity index (χ3v) is 4.49. The second kappa shape index (κ2) is 7.09. The topological polar surface area (TPSA) is 60.7 Å². The molecule has 0 aliphatic carbocycles. The minimum atomic E-state index is -0.580. The largest absolute Gasteiger partial charge is 0.497 e. The first kappa shape index (κ1) is 16.6. The summed E-state index contributed by atoms with van der Waals surface area (Å²) in [5.74, 6) is 0.523. The average molecular weight is 329 g/mol. The Labute approximate surface area is 141 Å². The third-order valence-electron chi connectivity index (χ3n) is 4.49. The van der Waals surface area contributed by atoms with Gasteiger partial charge in [0.2, 0.25) is 0 Å². The number of aliphatic hydroxyl groups excluding tert-OH is 1. The van der Waals surface area contributed by atoms with E-state index in [0.717, 1.165) is 29.2 Å². The molecule has 3 rings (SSSR count). The Morgan fingerprint density at radius 2 is 2.00 bits per heavy atom. The molecule has 128 valence electrons. The van der Waals surface area contributed by atoms with Gasteiger partial charge >= 0.3 is 5.97 Å². The van der Waals surface area contributed by atoms with Crippen LogP contribution in [0.15, 0.2) is 36.4 Å². The molecule has 5 nitrogen and oxygen atoms in total. The Bertz CT molecular complexity index is 705. The lowest BCUT2D eigenvalue weighted by molar-refractivity contribution is -0.160. The standard InChI is InChI=1S/C19H23NO4/c1-13-3-8-18(14-4-6-16(23-2)7-5-14)20(13)10-9-17-11-15(21)12-19(22)24-17/h3-8,15,17,21H,9-12H2,1-2H3/t15-,17-/m0/s1. The summed E-state index contributed by atoms with van der Waals surface area (Å²) >= 11 is 0. The summed E-state index contributed by atoms with van der Waals surface area (Å²) in [6.07, 6.45) is 0.525. The number of cyclic esters (lactones) is 1. The zero-order valence-corrected chi connectivity index (χ0v) is 14.1. The van der Waals surface area contributed by atoms with E-state index in [1.807, 2.05) is 24.3 Å². The number of rotatable bonds is 5. The van der Waals surface area contributed by atoms with E-state index < -0.39 is 6.10 Å². The molecular formula is C19H23NO4. The number of aliphatic hydroxyl groups is 1. The summed E-state index contributed by atoms with van der Waals surface area (Å²) in [7, 11) is 1.65. The maximum atomic E-state index is 11.5. The number of benzene rings is 1. The second-order valence-corrected chi connectivity index (χ2v) is 6.23. The van der Waals surface area contributed by atoms with E-state index in [2.05, 4.69) is 23.6 Å². The third kappa shape index (κ3) is 3.62. The zero-order valence-electron chi connectivity index (χ0n) is 14.1. The summed E-state index contributed by atoms with van der Waals surface area (Å²) in [6.45, 7) is 2.81. The van der Waals surface area contributed by atoms with Crippen LogP contribution < -0.4 is 4.74 Å². The molecule has 1 fully saturated rings. The monoisotopic (exact) mass is 329 g/mol. The minimum absolute atomic E-state index is 0.107. The fraction of sp³-hybridized carbons (Fsp3) is 0.421. The molecule has 0 amide bonds. The number of aromatic nitrogens is 1. The molecule has 5 heteroatoms. The molecule has 0 saturated carbocycles. The molecule has 2 atom stereocenters. The zero-order chi connectivity index (χ0) is 17.1. The van der Waals surface area contributed by atoms with Crippen molar-refractivity contribution in [3.05, 3.63) is 42.1 Å². The fourth-order valence-corrected chi connectivity index (χ4v) is 3.19. The summed E-state index contributed by atoms with van der Waals surface area (Å²) in [4.78, 5) is 11.5. The van der Waals surface area contributed by atoms with Crippen molar-refractivity contribution in [1.29, 1.82) is 0 Å². The van der Waals surface area contributed by atoms with Crippen molar-refractivity contribution in [3.8, 4) is 17.0 Å². The summed E-state index contributed by atoms with van der Waals surface area (Å²) in [5, 5.41) is 9.72. The molecule has 1 N–H and O–H groups in total. The van der Waals surface area contributed by atoms with Crippen LogP contribution in [-0.4, -0.2) is 35.0 Å². The van der Waals surface area contributed by atoms with Crippen molar-refractivity contribution in [1.82, 2.24) is 4.57 Å². The summed E-state index contributed by atoms with van der Waals surface area (Å²) in [5.41, 5.74) is 3.39. The van der Waals surface area contributed by atoms with E-state index in [1.165, 1.54) is 0 Å². The smallest absolute Gasteiger partial charge is 0.308 e. The first-order chi connectivity index (χ1) is 11.6. The van der Waals surface area contributed by atoms with Crippen molar-refractivity contribution in [2.24, 2.45) is 0 Å². The average Bonchev–Trinajstić information content (AvgIpc) is 2.93. The number of carbonyl (C=O) groups is 1. The Morgan fingerprint density at radius 1 is 1.25 bits per heavy atom. The van der Waals surface area contributed by atoms with Gasteiger partial charge in [0.15, 0.2) is 0 Å². The van der Waals surface area contributed by atoms with E-state index in [1.54, 1.807) is 7.11 Å². The molecule has 0 radical (unpaired) electrons. The van der Waals surface area contributed by atoms with Crippen LogP contribution in [0.3, 0.4) is 0 Å². The fourth-order valence-electron chi connectivity index (χ4n) is 3.19. The normalized spacial score (nSPS) is 20.7. The lowest BCUT2D eigenvalue weighted by atomic mass is 10.0. The summed E-state index contributed by atoms with van der Waals surface area (Å²) < 4.78 is 12.8. The SMILES string of the molecule is COc1ccc(-c2ccc(C)n2CC[C@H]2C[C@H](O)CC(=O)O2)cc1. The molecule has 2 aromatic rings. The highest BCUT2D eigenvalue weighted by Crippen LogP contribution is 2.26. The Hall–Kier alpha value is -2.27. The van der Waals surface area contributed by atoms with Crippen LogP contribution >= 0.6 is 0 Å². The van der Waals surface area contributed by atoms with Gasteiger partial charge in [-0.25, -0.2) is 0 Å².